The van der Waals surface area contributed by atoms with Crippen LogP contribution in [0.25, 0.3) is 11.3 Å². The fraction of sp³-hybridized carbons (Fsp3) is 0.381. The molecule has 0 atom stereocenters. The third-order valence-corrected chi connectivity index (χ3v) is 5.72. The molecule has 9 heteroatoms. The largest absolute Gasteiger partial charge is 0.454 e. The number of H-pyrrole nitrogens is 1. The highest BCUT2D eigenvalue weighted by molar-refractivity contribution is 5.93. The number of hydrogen-bond donors (Lipinski definition) is 1. The molecule has 2 aliphatic heterocycles. The first-order chi connectivity index (χ1) is 14.7. The SMILES string of the molecule is Cc1nccn1CCN1CCN(C(=O)c2cc(-c3ccc4c(c3)OCO4)n[nH]2)CC1. The molecule has 5 rings (SSSR count). The van der Waals surface area contributed by atoms with Crippen molar-refractivity contribution in [3.8, 4) is 22.8 Å². The standard InChI is InChI=1S/C21H24N6O3/c1-15-22-4-5-26(15)9-6-25-7-10-27(11-8-25)21(28)18-13-17(23-24-18)16-2-3-19-20(12-16)30-14-29-19/h2-5,12-13H,6-11,14H2,1H3,(H,23,24). The number of nitrogens with zero attached hydrogens (tertiary/aromatic N) is 5. The van der Waals surface area contributed by atoms with E-state index in [0.29, 0.717) is 30.2 Å². The molecule has 0 spiro atoms. The average molecular weight is 408 g/mol. The van der Waals surface area contributed by atoms with Crippen molar-refractivity contribution in [2.75, 3.05) is 39.5 Å². The molecule has 4 heterocycles. The Bertz CT molecular complexity index is 1050. The van der Waals surface area contributed by atoms with Crippen LogP contribution in [0.2, 0.25) is 0 Å². The second-order valence-electron chi connectivity index (χ2n) is 7.54. The molecular weight excluding hydrogens is 384 g/mol. The summed E-state index contributed by atoms with van der Waals surface area (Å²) in [7, 11) is 0. The van der Waals surface area contributed by atoms with E-state index in [1.807, 2.05) is 42.4 Å². The molecule has 0 aliphatic carbocycles. The van der Waals surface area contributed by atoms with Crippen LogP contribution in [0.5, 0.6) is 11.5 Å². The highest BCUT2D eigenvalue weighted by Gasteiger charge is 2.24. The zero-order valence-electron chi connectivity index (χ0n) is 16.9. The van der Waals surface area contributed by atoms with Gasteiger partial charge in [-0.2, -0.15) is 5.10 Å². The Balaban J connectivity index is 1.18. The molecule has 9 nitrogen and oxygen atoms in total. The van der Waals surface area contributed by atoms with Gasteiger partial charge in [0.25, 0.3) is 5.91 Å². The summed E-state index contributed by atoms with van der Waals surface area (Å²) in [5, 5.41) is 7.21. The van der Waals surface area contributed by atoms with Gasteiger partial charge < -0.3 is 18.9 Å². The zero-order chi connectivity index (χ0) is 20.5. The number of nitrogens with one attached hydrogen (secondary N) is 1. The number of aryl methyl sites for hydroxylation is 1. The summed E-state index contributed by atoms with van der Waals surface area (Å²) in [6.45, 7) is 7.26. The highest BCUT2D eigenvalue weighted by atomic mass is 16.7. The van der Waals surface area contributed by atoms with Crippen molar-refractivity contribution >= 4 is 5.91 Å². The topological polar surface area (TPSA) is 88.5 Å². The predicted molar refractivity (Wildman–Crippen MR) is 109 cm³/mol. The van der Waals surface area contributed by atoms with Gasteiger partial charge in [0.05, 0.1) is 5.69 Å². The van der Waals surface area contributed by atoms with Crippen LogP contribution in [-0.4, -0.2) is 75.0 Å². The molecule has 1 N–H and O–H groups in total. The molecular formula is C21H24N6O3. The maximum Gasteiger partial charge on any atom is 0.271 e. The van der Waals surface area contributed by atoms with Crippen molar-refractivity contribution in [1.29, 1.82) is 0 Å². The number of rotatable bonds is 5. The van der Waals surface area contributed by atoms with E-state index in [1.165, 1.54) is 0 Å². The lowest BCUT2D eigenvalue weighted by atomic mass is 10.1. The minimum atomic E-state index is -0.0143. The smallest absolute Gasteiger partial charge is 0.271 e. The number of imidazole rings is 1. The molecule has 2 aromatic heterocycles. The van der Waals surface area contributed by atoms with E-state index in [2.05, 4.69) is 24.6 Å². The number of carbonyl (C=O) groups is 1. The van der Waals surface area contributed by atoms with Gasteiger partial charge in [0.1, 0.15) is 11.5 Å². The molecule has 156 valence electrons. The third kappa shape index (κ3) is 3.63. The van der Waals surface area contributed by atoms with Gasteiger partial charge in [-0.15, -0.1) is 0 Å². The Morgan fingerprint density at radius 3 is 2.73 bits per heavy atom. The third-order valence-electron chi connectivity index (χ3n) is 5.72. The number of carbonyl (C=O) groups excluding carboxylic acids is 1. The lowest BCUT2D eigenvalue weighted by Gasteiger charge is -2.34. The van der Waals surface area contributed by atoms with Crippen molar-refractivity contribution in [3.05, 3.63) is 48.2 Å². The van der Waals surface area contributed by atoms with Gasteiger partial charge in [0.15, 0.2) is 11.5 Å². The van der Waals surface area contributed by atoms with Crippen LogP contribution in [0.15, 0.2) is 36.7 Å². The minimum absolute atomic E-state index is 0.0143. The van der Waals surface area contributed by atoms with Crippen LogP contribution in [0.4, 0.5) is 0 Å². The number of benzene rings is 1. The van der Waals surface area contributed by atoms with Crippen molar-refractivity contribution in [2.45, 2.75) is 13.5 Å². The monoisotopic (exact) mass is 408 g/mol. The Morgan fingerprint density at radius 2 is 1.93 bits per heavy atom. The van der Waals surface area contributed by atoms with Gasteiger partial charge in [0, 0.05) is 57.2 Å². The Hall–Kier alpha value is -3.33. The zero-order valence-corrected chi connectivity index (χ0v) is 16.9. The van der Waals surface area contributed by atoms with Crippen LogP contribution in [0, 0.1) is 6.92 Å². The molecule has 3 aromatic rings. The number of aromatic amines is 1. The second kappa shape index (κ2) is 7.83. The lowest BCUT2D eigenvalue weighted by molar-refractivity contribution is 0.0627. The van der Waals surface area contributed by atoms with Crippen LogP contribution in [-0.2, 0) is 6.54 Å². The summed E-state index contributed by atoms with van der Waals surface area (Å²) in [5.41, 5.74) is 2.10. The molecule has 0 saturated carbocycles. The van der Waals surface area contributed by atoms with Gasteiger partial charge in [-0.1, -0.05) is 0 Å². The first-order valence-electron chi connectivity index (χ1n) is 10.1. The number of ether oxygens (including phenoxy) is 2. The van der Waals surface area contributed by atoms with Gasteiger partial charge in [-0.05, 0) is 31.2 Å². The number of aromatic nitrogens is 4. The number of fused-ring (bicyclic) bond motifs is 1. The van der Waals surface area contributed by atoms with Crippen LogP contribution in [0.3, 0.4) is 0 Å². The molecule has 1 amide bonds. The van der Waals surface area contributed by atoms with Crippen LogP contribution >= 0.6 is 0 Å². The Labute approximate surface area is 174 Å². The lowest BCUT2D eigenvalue weighted by Crippen LogP contribution is -2.49. The first kappa shape index (κ1) is 18.7. The molecule has 30 heavy (non-hydrogen) atoms. The van der Waals surface area contributed by atoms with E-state index < -0.39 is 0 Å². The van der Waals surface area contributed by atoms with Gasteiger partial charge in [-0.3, -0.25) is 14.8 Å². The van der Waals surface area contributed by atoms with E-state index in [9.17, 15) is 4.79 Å². The fourth-order valence-corrected chi connectivity index (χ4v) is 3.87. The van der Waals surface area contributed by atoms with Gasteiger partial charge in [0.2, 0.25) is 6.79 Å². The maximum absolute atomic E-state index is 12.9. The summed E-state index contributed by atoms with van der Waals surface area (Å²) >= 11 is 0. The number of amides is 1. The van der Waals surface area contributed by atoms with Crippen molar-refractivity contribution in [2.24, 2.45) is 0 Å². The summed E-state index contributed by atoms with van der Waals surface area (Å²) in [6, 6.07) is 7.46. The van der Waals surface area contributed by atoms with E-state index in [4.69, 9.17) is 9.47 Å². The Morgan fingerprint density at radius 1 is 1.10 bits per heavy atom. The molecule has 2 aliphatic rings. The normalized spacial score (nSPS) is 16.2. The molecule has 1 saturated heterocycles. The molecule has 0 unspecified atom stereocenters. The van der Waals surface area contributed by atoms with E-state index in [0.717, 1.165) is 43.3 Å². The maximum atomic E-state index is 12.9. The number of hydrogen-bond acceptors (Lipinski definition) is 6. The van der Waals surface area contributed by atoms with Crippen molar-refractivity contribution in [3.63, 3.8) is 0 Å². The fourth-order valence-electron chi connectivity index (χ4n) is 3.87. The molecule has 1 fully saturated rings. The molecule has 1 aromatic carbocycles. The van der Waals surface area contributed by atoms with Crippen LogP contribution in [0.1, 0.15) is 16.3 Å². The quantitative estimate of drug-likeness (QED) is 0.692. The number of piperazine rings is 1. The summed E-state index contributed by atoms with van der Waals surface area (Å²) in [4.78, 5) is 21.4. The first-order valence-corrected chi connectivity index (χ1v) is 10.1. The van der Waals surface area contributed by atoms with E-state index in [-0.39, 0.29) is 12.7 Å². The molecule has 0 bridgehead atoms. The summed E-state index contributed by atoms with van der Waals surface area (Å²) in [5.74, 6) is 2.44. The van der Waals surface area contributed by atoms with E-state index >= 15 is 0 Å². The summed E-state index contributed by atoms with van der Waals surface area (Å²) < 4.78 is 12.9. The van der Waals surface area contributed by atoms with Crippen molar-refractivity contribution in [1.82, 2.24) is 29.5 Å². The highest BCUT2D eigenvalue weighted by Crippen LogP contribution is 2.35. The summed E-state index contributed by atoms with van der Waals surface area (Å²) in [6.07, 6.45) is 3.83. The predicted octanol–water partition coefficient (Wildman–Crippen LogP) is 1.77. The Kier molecular flexibility index (Phi) is 4.88. The van der Waals surface area contributed by atoms with E-state index in [1.54, 1.807) is 6.07 Å². The van der Waals surface area contributed by atoms with Gasteiger partial charge in [-0.25, -0.2) is 4.98 Å². The average Bonchev–Trinajstić information content (AvgIpc) is 3.52. The molecule has 0 radical (unpaired) electrons. The van der Waals surface area contributed by atoms with Gasteiger partial charge >= 0.3 is 0 Å². The van der Waals surface area contributed by atoms with Crippen molar-refractivity contribution < 1.29 is 14.3 Å². The second-order valence-corrected chi connectivity index (χ2v) is 7.54. The minimum Gasteiger partial charge on any atom is -0.454 e. The van der Waals surface area contributed by atoms with Crippen LogP contribution < -0.4 is 9.47 Å².